The van der Waals surface area contributed by atoms with Crippen LogP contribution in [0.3, 0.4) is 0 Å². The first-order valence-electron chi connectivity index (χ1n) is 31.8. The van der Waals surface area contributed by atoms with Crippen molar-refractivity contribution in [2.45, 2.75) is 273 Å². The molecule has 5 aliphatic heterocycles. The standard InChI is InChI=1S/C61H96O30/c1-23-34(68)45(84-25(3)65)47(89-50-43(77)40(74)44(24(2)83-50)87-49-41(75)35(69)29(67)21-81-49)53(82-23)91-55(80)60-14-13-56(4,5)17-27(60)26-9-10-32-57(6)18-28(66)48(59(8,54(78)79)33(57)11-12-58(32,7)61(26,22-64)16-15-60)90-52-46(39(73)37(71)31(20-63)86-52)88-51-42(76)38(72)36(70)30(19-62)85-51/h9,23-24,27-53,62-64,66-77H,10-22H2,1-8H3,(H,78,79)/t23-,24+,27+,28+,29-,30-,31-,32-,33-,34+,35+,36-,37-,38+,39+,40+,41-,42-,43-,44+,45+,46-,47-,48+,49+,50+,51+,52+,53+,57-,58-,59+,60+,61+/m1/s1. The van der Waals surface area contributed by atoms with Gasteiger partial charge in [-0.15, -0.1) is 0 Å². The Bertz CT molecular complexity index is 2630. The van der Waals surface area contributed by atoms with E-state index in [-0.39, 0.29) is 37.7 Å². The number of carbonyl (C=O) groups excluding carboxylic acids is 2. The summed E-state index contributed by atoms with van der Waals surface area (Å²) < 4.78 is 65.7. The summed E-state index contributed by atoms with van der Waals surface area (Å²) in [4.78, 5) is 42.6. The lowest BCUT2D eigenvalue weighted by molar-refractivity contribution is -0.382. The Morgan fingerprint density at radius 1 is 0.549 bits per heavy atom. The molecule has 34 atom stereocenters. The van der Waals surface area contributed by atoms with Crippen LogP contribution in [-0.2, 0) is 66.5 Å². The van der Waals surface area contributed by atoms with Crippen molar-refractivity contribution in [2.24, 2.45) is 50.2 Å². The maximum atomic E-state index is 15.7. The van der Waals surface area contributed by atoms with Gasteiger partial charge in [-0.05, 0) is 113 Å². The number of esters is 2. The van der Waals surface area contributed by atoms with Gasteiger partial charge in [-0.1, -0.05) is 39.3 Å². The van der Waals surface area contributed by atoms with Crippen LogP contribution in [0.15, 0.2) is 11.6 Å². The molecular formula is C61H96O30. The lowest BCUT2D eigenvalue weighted by atomic mass is 9.33. The SMILES string of the molecule is CC(=O)O[C@H]1[C@@H](O)[C@@H](C)O[C@@H](OC(=O)[C@]23CCC(C)(C)C[C@H]2C2=CC[C@@H]4[C@@]5(C)C[C@H](O)[C@H](O[C@@H]6O[C@H](CO)[C@@H](O)[C@H](O)[C@H]6O[C@@H]6O[C@H](CO)[C@@H](O)[C@H](O)[C@H]6O)[C@@](C)(C(=O)O)[C@@H]5CC[C@@]4(C)[C@]2(CO)CC3)[C@@H]1O[C@@H]1O[C@@H](C)[C@H](O[C@@H]2OC[C@@H](O)[C@H](O)[C@H]2O)[C@@H](O)[C@H]1O. The van der Waals surface area contributed by atoms with Gasteiger partial charge in [-0.25, -0.2) is 0 Å². The van der Waals surface area contributed by atoms with E-state index in [0.29, 0.717) is 32.1 Å². The summed E-state index contributed by atoms with van der Waals surface area (Å²) in [5.41, 5.74) is -5.71. The second kappa shape index (κ2) is 26.2. The minimum absolute atomic E-state index is 0.0694. The third-order valence-corrected chi connectivity index (χ3v) is 23.4. The molecule has 30 heteroatoms. The summed E-state index contributed by atoms with van der Waals surface area (Å²) in [5, 5.41) is 176. The van der Waals surface area contributed by atoms with Crippen molar-refractivity contribution < 1.29 is 148 Å². The van der Waals surface area contributed by atoms with Crippen molar-refractivity contribution >= 4 is 17.9 Å². The molecule has 10 rings (SSSR count). The van der Waals surface area contributed by atoms with Gasteiger partial charge in [-0.3, -0.25) is 14.4 Å². The summed E-state index contributed by atoms with van der Waals surface area (Å²) in [6, 6.07) is 0. The lowest BCUT2D eigenvalue weighted by Gasteiger charge is -2.71. The van der Waals surface area contributed by atoms with Crippen LogP contribution < -0.4 is 0 Å². The number of hydrogen-bond donors (Lipinski definition) is 16. The molecule has 30 nitrogen and oxygen atoms in total. The van der Waals surface area contributed by atoms with Gasteiger partial charge >= 0.3 is 17.9 Å². The lowest BCUT2D eigenvalue weighted by Crippen LogP contribution is -2.71. The van der Waals surface area contributed by atoms with E-state index >= 15 is 4.79 Å². The molecular weight excluding hydrogens is 1210 g/mol. The molecule has 0 aromatic rings. The number of hydrogen-bond acceptors (Lipinski definition) is 29. The molecule has 0 amide bonds. The Morgan fingerprint density at radius 2 is 1.12 bits per heavy atom. The van der Waals surface area contributed by atoms with Crippen LogP contribution in [0.2, 0.25) is 0 Å². The van der Waals surface area contributed by atoms with Crippen LogP contribution in [-0.4, -0.2) is 286 Å². The number of carbonyl (C=O) groups is 3. The van der Waals surface area contributed by atoms with E-state index in [2.05, 4.69) is 20.8 Å². The van der Waals surface area contributed by atoms with Gasteiger partial charge in [0, 0.05) is 12.3 Å². The number of carboxylic acid groups (broad SMARTS) is 1. The average molecular weight is 1310 g/mol. The molecule has 5 saturated heterocycles. The Labute approximate surface area is 525 Å². The van der Waals surface area contributed by atoms with Crippen molar-refractivity contribution in [3.8, 4) is 0 Å². The van der Waals surface area contributed by atoms with Crippen LogP contribution in [0.25, 0.3) is 0 Å². The fourth-order valence-electron chi connectivity index (χ4n) is 18.1. The highest BCUT2D eigenvalue weighted by Crippen LogP contribution is 2.76. The number of aliphatic hydroxyl groups excluding tert-OH is 15. The van der Waals surface area contributed by atoms with Crippen molar-refractivity contribution in [3.05, 3.63) is 11.6 Å². The van der Waals surface area contributed by atoms with Crippen LogP contribution >= 0.6 is 0 Å². The van der Waals surface area contributed by atoms with Crippen molar-refractivity contribution in [3.63, 3.8) is 0 Å². The molecule has 5 aliphatic carbocycles. The largest absolute Gasteiger partial charge is 0.481 e. The van der Waals surface area contributed by atoms with Crippen molar-refractivity contribution in [2.75, 3.05) is 26.4 Å². The van der Waals surface area contributed by atoms with Gasteiger partial charge in [0.2, 0.25) is 6.29 Å². The van der Waals surface area contributed by atoms with E-state index < -0.39 is 242 Å². The fraction of sp³-hybridized carbons (Fsp3) is 0.918. The molecule has 0 spiro atoms. The van der Waals surface area contributed by atoms with Crippen LogP contribution in [0.4, 0.5) is 0 Å². The average Bonchev–Trinajstić information content (AvgIpc) is 0.672. The first-order chi connectivity index (χ1) is 42.6. The highest BCUT2D eigenvalue weighted by atomic mass is 16.8. The molecule has 0 aromatic carbocycles. The molecule has 9 fully saturated rings. The van der Waals surface area contributed by atoms with Gasteiger partial charge in [0.1, 0.15) is 97.7 Å². The van der Waals surface area contributed by atoms with Crippen molar-refractivity contribution in [1.82, 2.24) is 0 Å². The van der Waals surface area contributed by atoms with Gasteiger partial charge in [0.25, 0.3) is 0 Å². The number of aliphatic hydroxyl groups is 15. The second-order valence-electron chi connectivity index (χ2n) is 29.0. The van der Waals surface area contributed by atoms with E-state index in [1.54, 1.807) is 0 Å². The van der Waals surface area contributed by atoms with E-state index in [9.17, 15) is 91.3 Å². The first-order valence-corrected chi connectivity index (χ1v) is 31.8. The first kappa shape index (κ1) is 71.0. The predicted molar refractivity (Wildman–Crippen MR) is 301 cm³/mol. The smallest absolute Gasteiger partial charge is 0.315 e. The monoisotopic (exact) mass is 1310 g/mol. The number of allylic oxidation sites excluding steroid dienone is 1. The number of fused-ring (bicyclic) bond motifs is 7. The molecule has 0 unspecified atom stereocenters. The zero-order valence-electron chi connectivity index (χ0n) is 52.4. The molecule has 10 aliphatic rings. The van der Waals surface area contributed by atoms with Crippen LogP contribution in [0.5, 0.6) is 0 Å². The Balaban J connectivity index is 0.927. The van der Waals surface area contributed by atoms with Gasteiger partial charge in [-0.2, -0.15) is 0 Å². The molecule has 0 aromatic heterocycles. The van der Waals surface area contributed by atoms with Gasteiger partial charge in [0.15, 0.2) is 37.4 Å². The van der Waals surface area contributed by atoms with Gasteiger partial charge < -0.3 is 134 Å². The summed E-state index contributed by atoms with van der Waals surface area (Å²) >= 11 is 0. The Hall–Kier alpha value is -2.81. The van der Waals surface area contributed by atoms with E-state index in [4.69, 9.17) is 52.1 Å². The molecule has 16 N–H and O–H groups in total. The Morgan fingerprint density at radius 3 is 1.76 bits per heavy atom. The maximum Gasteiger partial charge on any atom is 0.315 e. The maximum absolute atomic E-state index is 15.7. The number of rotatable bonds is 15. The fourth-order valence-corrected chi connectivity index (χ4v) is 18.1. The summed E-state index contributed by atoms with van der Waals surface area (Å²) in [6.45, 7) is 11.1. The zero-order chi connectivity index (χ0) is 66.7. The topological polar surface area (TPSA) is 476 Å². The van der Waals surface area contributed by atoms with Crippen LogP contribution in [0, 0.1) is 50.2 Å². The second-order valence-corrected chi connectivity index (χ2v) is 29.0. The highest BCUT2D eigenvalue weighted by molar-refractivity contribution is 5.79. The molecule has 0 bridgehead atoms. The predicted octanol–water partition coefficient (Wildman–Crippen LogP) is -3.94. The summed E-state index contributed by atoms with van der Waals surface area (Å²) in [6.07, 6.45) is -39.4. The van der Waals surface area contributed by atoms with Gasteiger partial charge in [0.05, 0.1) is 55.6 Å². The molecule has 520 valence electrons. The normalized spacial score (nSPS) is 53.1. The highest BCUT2D eigenvalue weighted by Gasteiger charge is 2.74. The molecule has 0 radical (unpaired) electrons. The summed E-state index contributed by atoms with van der Waals surface area (Å²) in [7, 11) is 0. The van der Waals surface area contributed by atoms with E-state index in [1.165, 1.54) is 20.8 Å². The van der Waals surface area contributed by atoms with E-state index in [0.717, 1.165) is 12.5 Å². The number of aliphatic carboxylic acids is 1. The minimum Gasteiger partial charge on any atom is -0.481 e. The molecule has 5 heterocycles. The minimum atomic E-state index is -1.99. The number of ether oxygens (including phenoxy) is 11. The molecule has 91 heavy (non-hydrogen) atoms. The van der Waals surface area contributed by atoms with E-state index in [1.807, 2.05) is 13.0 Å². The molecule has 4 saturated carbocycles. The van der Waals surface area contributed by atoms with Crippen LogP contribution in [0.1, 0.15) is 113 Å². The quantitative estimate of drug-likeness (QED) is 0.0423. The Kier molecular flexibility index (Phi) is 20.4. The summed E-state index contributed by atoms with van der Waals surface area (Å²) in [5.74, 6) is -4.76. The third kappa shape index (κ3) is 11.8. The zero-order valence-corrected chi connectivity index (χ0v) is 52.4. The van der Waals surface area contributed by atoms with Crippen molar-refractivity contribution in [1.29, 1.82) is 0 Å². The third-order valence-electron chi connectivity index (χ3n) is 23.4. The number of carboxylic acids is 1.